The molecule has 4 rings (SSSR count). The van der Waals surface area contributed by atoms with Crippen LogP contribution in [0.4, 0.5) is 5.69 Å². The maximum atomic E-state index is 13.0. The number of rotatable bonds is 1. The van der Waals surface area contributed by atoms with Gasteiger partial charge in [-0.05, 0) is 43.2 Å². The molecule has 6 atom stereocenters. The van der Waals surface area contributed by atoms with E-state index >= 15 is 0 Å². The number of alkyl halides is 2. The normalized spacial score (nSPS) is 39.7. The van der Waals surface area contributed by atoms with Gasteiger partial charge in [-0.15, -0.1) is 0 Å². The minimum absolute atomic E-state index is 0.00347. The van der Waals surface area contributed by atoms with Crippen molar-refractivity contribution < 1.29 is 9.59 Å². The zero-order valence-electron chi connectivity index (χ0n) is 12.4. The van der Waals surface area contributed by atoms with Gasteiger partial charge in [0.1, 0.15) is 0 Å². The lowest BCUT2D eigenvalue weighted by Crippen LogP contribution is -2.37. The predicted octanol–water partition coefficient (Wildman–Crippen LogP) is 3.59. The number of imide groups is 1. The molecule has 2 amide bonds. The van der Waals surface area contributed by atoms with Crippen LogP contribution in [-0.4, -0.2) is 21.5 Å². The second kappa shape index (κ2) is 4.91. The fourth-order valence-electron chi connectivity index (χ4n) is 4.73. The molecule has 0 radical (unpaired) electrons. The van der Waals surface area contributed by atoms with Gasteiger partial charge in [0, 0.05) is 9.65 Å². The number of carbonyl (C=O) groups excluding carboxylic acids is 2. The van der Waals surface area contributed by atoms with E-state index in [2.05, 4.69) is 31.9 Å². The molecule has 2 aliphatic carbocycles. The Kier molecular flexibility index (Phi) is 3.32. The molecule has 1 aromatic carbocycles. The smallest absolute Gasteiger partial charge is 0.238 e. The Morgan fingerprint density at radius 2 is 1.41 bits per heavy atom. The highest BCUT2D eigenvalue weighted by atomic mass is 79.9. The number of halogens is 2. The van der Waals surface area contributed by atoms with Gasteiger partial charge >= 0.3 is 0 Å². The lowest BCUT2D eigenvalue weighted by Gasteiger charge is -2.28. The SMILES string of the molecule is Cc1cccc(C)c1N1C(=O)[C@H]2[C@@H]3C[C@H]([C@@H](Br)[C@H]3Br)[C@@H]2C1=O. The van der Waals surface area contributed by atoms with Gasteiger partial charge in [-0.2, -0.15) is 0 Å². The Bertz CT molecular complexity index is 637. The van der Waals surface area contributed by atoms with Crippen molar-refractivity contribution in [3.05, 3.63) is 29.3 Å². The molecule has 1 heterocycles. The van der Waals surface area contributed by atoms with Crippen molar-refractivity contribution in [2.45, 2.75) is 29.9 Å². The van der Waals surface area contributed by atoms with E-state index in [0.717, 1.165) is 23.2 Å². The van der Waals surface area contributed by atoms with Crippen LogP contribution in [0.5, 0.6) is 0 Å². The lowest BCUT2D eigenvalue weighted by atomic mass is 9.81. The standard InChI is InChI=1S/C17H17Br2NO2/c1-7-4-3-5-8(2)15(7)20-16(21)11-9-6-10(12(11)17(20)22)14(19)13(9)18/h3-5,9-14H,6H2,1-2H3/t9-,10-,11-,12-,13-,14+/m0/s1. The largest absolute Gasteiger partial charge is 0.274 e. The van der Waals surface area contributed by atoms with Crippen LogP contribution < -0.4 is 4.90 Å². The summed E-state index contributed by atoms with van der Waals surface area (Å²) >= 11 is 7.44. The molecule has 3 aliphatic rings. The third-order valence-electron chi connectivity index (χ3n) is 5.65. The summed E-state index contributed by atoms with van der Waals surface area (Å²) in [4.78, 5) is 28.1. The second-order valence-electron chi connectivity index (χ2n) is 6.76. The summed E-state index contributed by atoms with van der Waals surface area (Å²) in [5, 5.41) is 0. The first kappa shape index (κ1) is 14.9. The number of anilines is 1. The molecule has 116 valence electrons. The Labute approximate surface area is 146 Å². The molecule has 3 fully saturated rings. The predicted molar refractivity (Wildman–Crippen MR) is 92.4 cm³/mol. The Hall–Kier alpha value is -0.680. The number of fused-ring (bicyclic) bond motifs is 5. The maximum Gasteiger partial charge on any atom is 0.238 e. The summed E-state index contributed by atoms with van der Waals surface area (Å²) in [7, 11) is 0. The highest BCUT2D eigenvalue weighted by Gasteiger charge is 2.66. The van der Waals surface area contributed by atoms with E-state index in [4.69, 9.17) is 0 Å². The van der Waals surface area contributed by atoms with Crippen LogP contribution in [0.1, 0.15) is 17.5 Å². The van der Waals surface area contributed by atoms with Crippen LogP contribution in [-0.2, 0) is 9.59 Å². The van der Waals surface area contributed by atoms with Crippen LogP contribution in [0.15, 0.2) is 18.2 Å². The summed E-state index contributed by atoms with van der Waals surface area (Å²) in [6, 6.07) is 5.89. The highest BCUT2D eigenvalue weighted by molar-refractivity contribution is 9.12. The van der Waals surface area contributed by atoms with Crippen molar-refractivity contribution >= 4 is 49.4 Å². The maximum absolute atomic E-state index is 13.0. The average Bonchev–Trinajstić information content (AvgIpc) is 3.06. The number of carbonyl (C=O) groups is 2. The number of benzene rings is 1. The van der Waals surface area contributed by atoms with Crippen molar-refractivity contribution in [2.75, 3.05) is 4.90 Å². The number of nitrogens with zero attached hydrogens (tertiary/aromatic N) is 1. The fraction of sp³-hybridized carbons (Fsp3) is 0.529. The Morgan fingerprint density at radius 1 is 0.955 bits per heavy atom. The molecule has 0 N–H and O–H groups in total. The molecule has 22 heavy (non-hydrogen) atoms. The van der Waals surface area contributed by atoms with Crippen molar-refractivity contribution in [3.8, 4) is 0 Å². The molecule has 5 heteroatoms. The van der Waals surface area contributed by atoms with Crippen molar-refractivity contribution in [3.63, 3.8) is 0 Å². The Morgan fingerprint density at radius 3 is 1.86 bits per heavy atom. The second-order valence-corrected chi connectivity index (χ2v) is 8.87. The molecule has 0 aromatic heterocycles. The van der Waals surface area contributed by atoms with Crippen LogP contribution in [0, 0.1) is 37.5 Å². The molecular weight excluding hydrogens is 410 g/mol. The van der Waals surface area contributed by atoms with Gasteiger partial charge in [0.25, 0.3) is 0 Å². The van der Waals surface area contributed by atoms with Gasteiger partial charge in [-0.25, -0.2) is 4.90 Å². The summed E-state index contributed by atoms with van der Waals surface area (Å²) in [6.45, 7) is 3.93. The molecule has 1 aromatic rings. The molecule has 0 unspecified atom stereocenters. The summed E-state index contributed by atoms with van der Waals surface area (Å²) < 4.78 is 0. The average molecular weight is 427 g/mol. The zero-order valence-corrected chi connectivity index (χ0v) is 15.6. The number of para-hydroxylation sites is 1. The third kappa shape index (κ3) is 1.72. The van der Waals surface area contributed by atoms with Gasteiger partial charge in [0.05, 0.1) is 17.5 Å². The highest BCUT2D eigenvalue weighted by Crippen LogP contribution is 2.60. The fourth-order valence-corrected chi connectivity index (χ4v) is 6.60. The van der Waals surface area contributed by atoms with Crippen LogP contribution in [0.3, 0.4) is 0 Å². The first-order valence-electron chi connectivity index (χ1n) is 7.65. The number of hydrogen-bond acceptors (Lipinski definition) is 2. The van der Waals surface area contributed by atoms with Gasteiger partial charge in [0.2, 0.25) is 11.8 Å². The third-order valence-corrected chi connectivity index (χ3v) is 8.86. The minimum Gasteiger partial charge on any atom is -0.274 e. The zero-order chi connectivity index (χ0) is 15.8. The van der Waals surface area contributed by atoms with E-state index in [1.165, 1.54) is 4.90 Å². The van der Waals surface area contributed by atoms with E-state index in [1.807, 2.05) is 32.0 Å². The molecule has 1 saturated heterocycles. The van der Waals surface area contributed by atoms with E-state index in [0.29, 0.717) is 0 Å². The van der Waals surface area contributed by atoms with Crippen molar-refractivity contribution in [1.29, 1.82) is 0 Å². The van der Waals surface area contributed by atoms with E-state index in [-0.39, 0.29) is 45.1 Å². The topological polar surface area (TPSA) is 37.4 Å². The number of amides is 2. The Balaban J connectivity index is 1.80. The number of hydrogen-bond donors (Lipinski definition) is 0. The minimum atomic E-state index is -0.144. The van der Waals surface area contributed by atoms with Crippen LogP contribution in [0.2, 0.25) is 0 Å². The first-order chi connectivity index (χ1) is 10.4. The summed E-state index contributed by atoms with van der Waals surface area (Å²) in [6.07, 6.45) is 0.971. The lowest BCUT2D eigenvalue weighted by molar-refractivity contribution is -0.123. The molecule has 0 spiro atoms. The van der Waals surface area contributed by atoms with Crippen LogP contribution >= 0.6 is 31.9 Å². The van der Waals surface area contributed by atoms with E-state index in [1.54, 1.807) is 0 Å². The summed E-state index contributed by atoms with van der Waals surface area (Å²) in [5.41, 5.74) is 2.77. The monoisotopic (exact) mass is 425 g/mol. The molecule has 1 aliphatic heterocycles. The molecule has 2 saturated carbocycles. The van der Waals surface area contributed by atoms with Crippen molar-refractivity contribution in [2.24, 2.45) is 23.7 Å². The van der Waals surface area contributed by atoms with Gasteiger partial charge < -0.3 is 0 Å². The van der Waals surface area contributed by atoms with Gasteiger partial charge in [-0.3, -0.25) is 9.59 Å². The van der Waals surface area contributed by atoms with Crippen molar-refractivity contribution in [1.82, 2.24) is 0 Å². The van der Waals surface area contributed by atoms with Gasteiger partial charge in [-0.1, -0.05) is 50.1 Å². The van der Waals surface area contributed by atoms with Gasteiger partial charge in [0.15, 0.2) is 0 Å². The molecule has 2 bridgehead atoms. The first-order valence-corrected chi connectivity index (χ1v) is 9.48. The van der Waals surface area contributed by atoms with E-state index < -0.39 is 0 Å². The summed E-state index contributed by atoms with van der Waals surface area (Å²) in [5.74, 6) is 0.257. The van der Waals surface area contributed by atoms with E-state index in [9.17, 15) is 9.59 Å². The molecular formula is C17H17Br2NO2. The van der Waals surface area contributed by atoms with Crippen LogP contribution in [0.25, 0.3) is 0 Å². The molecule has 3 nitrogen and oxygen atoms in total. The quantitative estimate of drug-likeness (QED) is 0.508. The number of aryl methyl sites for hydroxylation is 2.